The van der Waals surface area contributed by atoms with Crippen LogP contribution in [0.5, 0.6) is 0 Å². The Morgan fingerprint density at radius 3 is 1.92 bits per heavy atom. The highest BCUT2D eigenvalue weighted by atomic mass is 16.2. The van der Waals surface area contributed by atoms with E-state index in [0.29, 0.717) is 16.8 Å². The number of ketones is 1. The fourth-order valence-corrected chi connectivity index (χ4v) is 2.06. The number of carbonyl (C=O) groups is 3. The summed E-state index contributed by atoms with van der Waals surface area (Å²) >= 11 is 0. The molecule has 0 atom stereocenters. The summed E-state index contributed by atoms with van der Waals surface area (Å²) in [6, 6.07) is 13.5. The molecule has 6 heteroatoms. The number of hydrogen-bond donors (Lipinski definition) is 3. The van der Waals surface area contributed by atoms with Gasteiger partial charge < -0.3 is 16.0 Å². The smallest absolute Gasteiger partial charge is 0.251 e. The van der Waals surface area contributed by atoms with Gasteiger partial charge in [0.2, 0.25) is 5.91 Å². The Morgan fingerprint density at radius 2 is 1.38 bits per heavy atom. The number of nitrogens with one attached hydrogen (secondary N) is 3. The Morgan fingerprint density at radius 1 is 0.833 bits per heavy atom. The zero-order valence-corrected chi connectivity index (χ0v) is 13.6. The summed E-state index contributed by atoms with van der Waals surface area (Å²) in [5.74, 6) is -0.388. The fourth-order valence-electron chi connectivity index (χ4n) is 2.06. The second-order valence-corrected chi connectivity index (χ2v) is 5.19. The van der Waals surface area contributed by atoms with E-state index in [1.807, 2.05) is 0 Å². The molecule has 0 fully saturated rings. The summed E-state index contributed by atoms with van der Waals surface area (Å²) in [5, 5.41) is 8.25. The SMILES string of the molecule is CNC(=O)c1ccc(NC(=O)CNc2ccc(C(C)=O)cc2)cc1. The van der Waals surface area contributed by atoms with Gasteiger partial charge in [0, 0.05) is 29.5 Å². The molecule has 2 amide bonds. The van der Waals surface area contributed by atoms with E-state index in [0.717, 1.165) is 5.69 Å². The van der Waals surface area contributed by atoms with Crippen molar-refractivity contribution in [1.82, 2.24) is 5.32 Å². The van der Waals surface area contributed by atoms with Crippen molar-refractivity contribution in [3.63, 3.8) is 0 Å². The summed E-state index contributed by atoms with van der Waals surface area (Å²) in [6.07, 6.45) is 0. The summed E-state index contributed by atoms with van der Waals surface area (Å²) in [4.78, 5) is 34.6. The van der Waals surface area contributed by atoms with Crippen LogP contribution in [0.1, 0.15) is 27.6 Å². The number of hydrogen-bond acceptors (Lipinski definition) is 4. The number of carbonyl (C=O) groups excluding carboxylic acids is 3. The topological polar surface area (TPSA) is 87.3 Å². The van der Waals surface area contributed by atoms with Gasteiger partial charge in [-0.2, -0.15) is 0 Å². The monoisotopic (exact) mass is 325 g/mol. The third kappa shape index (κ3) is 4.67. The van der Waals surface area contributed by atoms with E-state index < -0.39 is 0 Å². The molecule has 0 radical (unpaired) electrons. The molecule has 6 nitrogen and oxygen atoms in total. The molecule has 0 aliphatic rings. The zero-order chi connectivity index (χ0) is 17.5. The Bertz CT molecular complexity index is 737. The first-order valence-electron chi connectivity index (χ1n) is 7.46. The number of rotatable bonds is 6. The van der Waals surface area contributed by atoms with E-state index in [1.54, 1.807) is 55.6 Å². The lowest BCUT2D eigenvalue weighted by Gasteiger charge is -2.09. The molecule has 124 valence electrons. The van der Waals surface area contributed by atoms with Gasteiger partial charge in [0.15, 0.2) is 5.78 Å². The van der Waals surface area contributed by atoms with Crippen LogP contribution in [0.25, 0.3) is 0 Å². The van der Waals surface area contributed by atoms with Crippen molar-refractivity contribution < 1.29 is 14.4 Å². The van der Waals surface area contributed by atoms with Gasteiger partial charge >= 0.3 is 0 Å². The Kier molecular flexibility index (Phi) is 5.68. The number of anilines is 2. The molecular weight excluding hydrogens is 306 g/mol. The standard InChI is InChI=1S/C18H19N3O3/c1-12(22)13-3-7-15(8-4-13)20-11-17(23)21-16-9-5-14(6-10-16)18(24)19-2/h3-10,20H,11H2,1-2H3,(H,19,24)(H,21,23). The minimum absolute atomic E-state index is 0.000468. The van der Waals surface area contributed by atoms with Gasteiger partial charge in [-0.3, -0.25) is 14.4 Å². The van der Waals surface area contributed by atoms with Gasteiger partial charge in [-0.05, 0) is 55.5 Å². The van der Waals surface area contributed by atoms with E-state index >= 15 is 0 Å². The van der Waals surface area contributed by atoms with Crippen LogP contribution < -0.4 is 16.0 Å². The lowest BCUT2D eigenvalue weighted by Crippen LogP contribution is -2.22. The molecule has 0 spiro atoms. The first kappa shape index (κ1) is 17.2. The summed E-state index contributed by atoms with van der Waals surface area (Å²) in [6.45, 7) is 1.60. The highest BCUT2D eigenvalue weighted by molar-refractivity contribution is 5.97. The van der Waals surface area contributed by atoms with E-state index in [1.165, 1.54) is 6.92 Å². The molecule has 2 aromatic carbocycles. The first-order chi connectivity index (χ1) is 11.5. The maximum Gasteiger partial charge on any atom is 0.251 e. The van der Waals surface area contributed by atoms with Gasteiger partial charge in [-0.15, -0.1) is 0 Å². The minimum Gasteiger partial charge on any atom is -0.376 e. The molecule has 0 saturated heterocycles. The largest absolute Gasteiger partial charge is 0.376 e. The minimum atomic E-state index is -0.210. The summed E-state index contributed by atoms with van der Waals surface area (Å²) in [5.41, 5.74) is 2.52. The van der Waals surface area contributed by atoms with Gasteiger partial charge in [-0.25, -0.2) is 0 Å². The molecule has 0 heterocycles. The van der Waals surface area contributed by atoms with Gasteiger partial charge in [0.1, 0.15) is 0 Å². The molecule has 0 saturated carbocycles. The highest BCUT2D eigenvalue weighted by Gasteiger charge is 2.05. The quantitative estimate of drug-likeness (QED) is 0.711. The van der Waals surface area contributed by atoms with Crippen LogP contribution in [0.2, 0.25) is 0 Å². The second-order valence-electron chi connectivity index (χ2n) is 5.19. The van der Waals surface area contributed by atoms with Gasteiger partial charge in [-0.1, -0.05) is 0 Å². The van der Waals surface area contributed by atoms with E-state index in [-0.39, 0.29) is 24.1 Å². The van der Waals surface area contributed by atoms with Crippen molar-refractivity contribution in [3.8, 4) is 0 Å². The first-order valence-corrected chi connectivity index (χ1v) is 7.46. The van der Waals surface area contributed by atoms with Crippen molar-refractivity contribution in [3.05, 3.63) is 59.7 Å². The highest BCUT2D eigenvalue weighted by Crippen LogP contribution is 2.11. The molecule has 0 aromatic heterocycles. The molecule has 3 N–H and O–H groups in total. The third-order valence-electron chi connectivity index (χ3n) is 3.40. The van der Waals surface area contributed by atoms with Crippen LogP contribution in [0.3, 0.4) is 0 Å². The number of amides is 2. The molecule has 0 aliphatic carbocycles. The summed E-state index contributed by atoms with van der Waals surface area (Å²) < 4.78 is 0. The number of benzene rings is 2. The zero-order valence-electron chi connectivity index (χ0n) is 13.6. The van der Waals surface area contributed by atoms with Crippen molar-refractivity contribution >= 4 is 29.0 Å². The third-order valence-corrected chi connectivity index (χ3v) is 3.40. The fraction of sp³-hybridized carbons (Fsp3) is 0.167. The van der Waals surface area contributed by atoms with Crippen molar-refractivity contribution in [1.29, 1.82) is 0 Å². The van der Waals surface area contributed by atoms with Crippen LogP contribution in [-0.4, -0.2) is 31.2 Å². The predicted octanol–water partition coefficient (Wildman–Crippen LogP) is 2.30. The molecule has 2 rings (SSSR count). The van der Waals surface area contributed by atoms with Crippen LogP contribution >= 0.6 is 0 Å². The Labute approximate surface area is 140 Å². The lowest BCUT2D eigenvalue weighted by atomic mass is 10.1. The van der Waals surface area contributed by atoms with Crippen LogP contribution in [0, 0.1) is 0 Å². The van der Waals surface area contributed by atoms with E-state index in [2.05, 4.69) is 16.0 Å². The van der Waals surface area contributed by atoms with Crippen molar-refractivity contribution in [2.45, 2.75) is 6.92 Å². The maximum atomic E-state index is 11.9. The average Bonchev–Trinajstić information content (AvgIpc) is 2.60. The van der Waals surface area contributed by atoms with Crippen LogP contribution in [-0.2, 0) is 4.79 Å². The Hall–Kier alpha value is -3.15. The molecule has 0 unspecified atom stereocenters. The molecule has 2 aromatic rings. The lowest BCUT2D eigenvalue weighted by molar-refractivity contribution is -0.114. The van der Waals surface area contributed by atoms with Gasteiger partial charge in [0.05, 0.1) is 6.54 Å². The predicted molar refractivity (Wildman–Crippen MR) is 93.4 cm³/mol. The average molecular weight is 325 g/mol. The van der Waals surface area contributed by atoms with Crippen LogP contribution in [0.15, 0.2) is 48.5 Å². The normalized spacial score (nSPS) is 9.92. The maximum absolute atomic E-state index is 11.9. The molecule has 24 heavy (non-hydrogen) atoms. The van der Waals surface area contributed by atoms with Crippen molar-refractivity contribution in [2.75, 3.05) is 24.2 Å². The Balaban J connectivity index is 1.86. The number of Topliss-reactive ketones (excluding diaryl/α,β-unsaturated/α-hetero) is 1. The van der Waals surface area contributed by atoms with E-state index in [9.17, 15) is 14.4 Å². The van der Waals surface area contributed by atoms with E-state index in [4.69, 9.17) is 0 Å². The van der Waals surface area contributed by atoms with Gasteiger partial charge in [0.25, 0.3) is 5.91 Å². The molecular formula is C18H19N3O3. The second kappa shape index (κ2) is 7.92. The summed E-state index contributed by atoms with van der Waals surface area (Å²) in [7, 11) is 1.56. The molecule has 0 aliphatic heterocycles. The molecule has 0 bridgehead atoms. The van der Waals surface area contributed by atoms with Crippen LogP contribution in [0.4, 0.5) is 11.4 Å². The van der Waals surface area contributed by atoms with Crippen molar-refractivity contribution in [2.24, 2.45) is 0 Å².